The molecule has 2 heterocycles. The first kappa shape index (κ1) is 16.0. The van der Waals surface area contributed by atoms with Crippen molar-refractivity contribution in [2.24, 2.45) is 0 Å². The Balaban J connectivity index is 1.56. The number of nitrogens with one attached hydrogen (secondary N) is 1. The molecule has 120 valence electrons. The van der Waals surface area contributed by atoms with Crippen LogP contribution >= 0.6 is 27.3 Å². The zero-order valence-corrected chi connectivity index (χ0v) is 14.7. The van der Waals surface area contributed by atoms with E-state index in [0.29, 0.717) is 18.0 Å². The summed E-state index contributed by atoms with van der Waals surface area (Å²) in [6.45, 7) is 0.521. The van der Waals surface area contributed by atoms with Crippen molar-refractivity contribution in [2.75, 3.05) is 24.6 Å². The minimum Gasteiger partial charge on any atom is -0.482 e. The van der Waals surface area contributed by atoms with Gasteiger partial charge in [0.25, 0.3) is 5.91 Å². The summed E-state index contributed by atoms with van der Waals surface area (Å²) >= 11 is 5.07. The van der Waals surface area contributed by atoms with Crippen molar-refractivity contribution in [1.82, 2.24) is 5.32 Å². The number of hydrogen-bond donors (Lipinski definition) is 1. The molecule has 0 aliphatic carbocycles. The molecule has 2 aromatic rings. The van der Waals surface area contributed by atoms with E-state index in [9.17, 15) is 9.59 Å². The molecule has 1 aromatic heterocycles. The van der Waals surface area contributed by atoms with Gasteiger partial charge in [0.15, 0.2) is 6.61 Å². The van der Waals surface area contributed by atoms with Gasteiger partial charge < -0.3 is 10.1 Å². The summed E-state index contributed by atoms with van der Waals surface area (Å²) in [6, 6.07) is 11.3. The SMILES string of the molecule is O=C(CN1C(=O)COc2ccccc21)NCCc1ccc(Br)s1. The van der Waals surface area contributed by atoms with Gasteiger partial charge in [0.2, 0.25) is 5.91 Å². The Labute approximate surface area is 146 Å². The van der Waals surface area contributed by atoms with Gasteiger partial charge in [0.05, 0.1) is 9.47 Å². The lowest BCUT2D eigenvalue weighted by Gasteiger charge is -2.28. The average molecular weight is 395 g/mol. The highest BCUT2D eigenvalue weighted by atomic mass is 79.9. The fourth-order valence-corrected chi connectivity index (χ4v) is 3.82. The minimum absolute atomic E-state index is 0.00728. The Bertz CT molecular complexity index is 732. The summed E-state index contributed by atoms with van der Waals surface area (Å²) in [5.41, 5.74) is 0.640. The number of hydrogen-bond acceptors (Lipinski definition) is 4. The van der Waals surface area contributed by atoms with Crippen molar-refractivity contribution >= 4 is 44.8 Å². The predicted octanol–water partition coefficient (Wildman–Crippen LogP) is 2.59. The van der Waals surface area contributed by atoms with Crippen LogP contribution in [-0.4, -0.2) is 31.5 Å². The molecule has 0 radical (unpaired) electrons. The third-order valence-corrected chi connectivity index (χ3v) is 5.12. The topological polar surface area (TPSA) is 58.6 Å². The Kier molecular flexibility index (Phi) is 4.97. The molecule has 0 saturated carbocycles. The van der Waals surface area contributed by atoms with E-state index in [2.05, 4.69) is 21.2 Å². The van der Waals surface area contributed by atoms with Gasteiger partial charge in [-0.3, -0.25) is 14.5 Å². The number of nitrogens with zero attached hydrogens (tertiary/aromatic N) is 1. The van der Waals surface area contributed by atoms with Crippen molar-refractivity contribution in [3.8, 4) is 5.75 Å². The second kappa shape index (κ2) is 7.14. The number of thiophene rings is 1. The number of carbonyl (C=O) groups excluding carboxylic acids is 2. The fraction of sp³-hybridized carbons (Fsp3) is 0.250. The molecule has 0 unspecified atom stereocenters. The lowest BCUT2D eigenvalue weighted by atomic mass is 10.2. The molecule has 1 N–H and O–H groups in total. The van der Waals surface area contributed by atoms with Crippen LogP contribution in [0.25, 0.3) is 0 Å². The van der Waals surface area contributed by atoms with Crippen molar-refractivity contribution in [2.45, 2.75) is 6.42 Å². The number of fused-ring (bicyclic) bond motifs is 1. The maximum atomic E-state index is 12.1. The van der Waals surface area contributed by atoms with Crippen molar-refractivity contribution < 1.29 is 14.3 Å². The second-order valence-electron chi connectivity index (χ2n) is 5.04. The second-order valence-corrected chi connectivity index (χ2v) is 7.59. The van der Waals surface area contributed by atoms with Crippen LogP contribution in [0, 0.1) is 0 Å². The summed E-state index contributed by atoms with van der Waals surface area (Å²) in [6.07, 6.45) is 0.773. The number of rotatable bonds is 5. The van der Waals surface area contributed by atoms with Gasteiger partial charge in [-0.25, -0.2) is 0 Å². The Hall–Kier alpha value is -1.86. The monoisotopic (exact) mass is 394 g/mol. The molecular formula is C16H15BrN2O3S. The van der Waals surface area contributed by atoms with Crippen LogP contribution < -0.4 is 15.0 Å². The molecule has 0 fully saturated rings. The number of anilines is 1. The van der Waals surface area contributed by atoms with E-state index < -0.39 is 0 Å². The first-order valence-electron chi connectivity index (χ1n) is 7.16. The van der Waals surface area contributed by atoms with Crippen LogP contribution in [0.4, 0.5) is 5.69 Å². The number of halogens is 1. The normalized spacial score (nSPS) is 13.4. The van der Waals surface area contributed by atoms with Gasteiger partial charge in [0, 0.05) is 11.4 Å². The molecule has 7 heteroatoms. The maximum Gasteiger partial charge on any atom is 0.265 e. The number of benzene rings is 1. The number of ether oxygens (including phenoxy) is 1. The largest absolute Gasteiger partial charge is 0.482 e. The van der Waals surface area contributed by atoms with Gasteiger partial charge in [-0.05, 0) is 46.6 Å². The molecule has 0 saturated heterocycles. The smallest absolute Gasteiger partial charge is 0.265 e. The van der Waals surface area contributed by atoms with Crippen molar-refractivity contribution in [3.05, 3.63) is 45.1 Å². The summed E-state index contributed by atoms with van der Waals surface area (Å²) in [4.78, 5) is 26.8. The van der Waals surface area contributed by atoms with E-state index in [1.165, 1.54) is 9.78 Å². The molecule has 3 rings (SSSR count). The highest BCUT2D eigenvalue weighted by molar-refractivity contribution is 9.11. The zero-order valence-electron chi connectivity index (χ0n) is 12.3. The van der Waals surface area contributed by atoms with Gasteiger partial charge in [0.1, 0.15) is 12.3 Å². The molecule has 1 aliphatic rings. The number of amides is 2. The number of para-hydroxylation sites is 2. The summed E-state index contributed by atoms with van der Waals surface area (Å²) < 4.78 is 6.44. The van der Waals surface area contributed by atoms with Crippen molar-refractivity contribution in [3.63, 3.8) is 0 Å². The van der Waals surface area contributed by atoms with E-state index in [0.717, 1.165) is 10.2 Å². The van der Waals surface area contributed by atoms with Gasteiger partial charge >= 0.3 is 0 Å². The number of carbonyl (C=O) groups is 2. The summed E-state index contributed by atoms with van der Waals surface area (Å²) in [5, 5.41) is 2.86. The van der Waals surface area contributed by atoms with Crippen LogP contribution in [0.5, 0.6) is 5.75 Å². The average Bonchev–Trinajstić information content (AvgIpc) is 2.96. The quantitative estimate of drug-likeness (QED) is 0.847. The van der Waals surface area contributed by atoms with Crippen LogP contribution in [0.3, 0.4) is 0 Å². The first-order valence-corrected chi connectivity index (χ1v) is 8.77. The summed E-state index contributed by atoms with van der Waals surface area (Å²) in [5.74, 6) is 0.245. The van der Waals surface area contributed by atoms with E-state index in [1.54, 1.807) is 23.5 Å². The molecule has 5 nitrogen and oxygen atoms in total. The maximum absolute atomic E-state index is 12.1. The lowest BCUT2D eigenvalue weighted by Crippen LogP contribution is -2.45. The van der Waals surface area contributed by atoms with Gasteiger partial charge in [-0.1, -0.05) is 12.1 Å². The fourth-order valence-electron chi connectivity index (χ4n) is 2.34. The molecule has 0 bridgehead atoms. The standard InChI is InChI=1S/C16H15BrN2O3S/c17-14-6-5-11(23-14)7-8-18-15(20)9-19-12-3-1-2-4-13(12)22-10-16(19)21/h1-6H,7-10H2,(H,18,20). The van der Waals surface area contributed by atoms with E-state index in [-0.39, 0.29) is 25.0 Å². The van der Waals surface area contributed by atoms with Crippen LogP contribution in [0.2, 0.25) is 0 Å². The molecular weight excluding hydrogens is 380 g/mol. The highest BCUT2D eigenvalue weighted by Crippen LogP contribution is 2.31. The molecule has 1 aliphatic heterocycles. The predicted molar refractivity (Wildman–Crippen MR) is 93.0 cm³/mol. The minimum atomic E-state index is -0.207. The van der Waals surface area contributed by atoms with Gasteiger partial charge in [-0.15, -0.1) is 11.3 Å². The van der Waals surface area contributed by atoms with E-state index >= 15 is 0 Å². The van der Waals surface area contributed by atoms with Crippen LogP contribution in [-0.2, 0) is 16.0 Å². The third kappa shape index (κ3) is 3.92. The lowest BCUT2D eigenvalue weighted by molar-refractivity contribution is -0.125. The molecule has 0 atom stereocenters. The van der Waals surface area contributed by atoms with E-state index in [4.69, 9.17) is 4.74 Å². The van der Waals surface area contributed by atoms with Gasteiger partial charge in [-0.2, -0.15) is 0 Å². The third-order valence-electron chi connectivity index (χ3n) is 3.43. The van der Waals surface area contributed by atoms with Crippen molar-refractivity contribution in [1.29, 1.82) is 0 Å². The first-order chi connectivity index (χ1) is 11.1. The molecule has 2 amide bonds. The van der Waals surface area contributed by atoms with Crippen LogP contribution in [0.15, 0.2) is 40.2 Å². The zero-order chi connectivity index (χ0) is 16.2. The van der Waals surface area contributed by atoms with Crippen LogP contribution in [0.1, 0.15) is 4.88 Å². The Morgan fingerprint density at radius 2 is 2.13 bits per heavy atom. The summed E-state index contributed by atoms with van der Waals surface area (Å²) in [7, 11) is 0. The Morgan fingerprint density at radius 3 is 2.91 bits per heavy atom. The molecule has 1 aromatic carbocycles. The van der Waals surface area contributed by atoms with E-state index in [1.807, 2.05) is 24.3 Å². The molecule has 23 heavy (non-hydrogen) atoms. The Morgan fingerprint density at radius 1 is 1.30 bits per heavy atom. The molecule has 0 spiro atoms. The highest BCUT2D eigenvalue weighted by Gasteiger charge is 2.26.